The van der Waals surface area contributed by atoms with Gasteiger partial charge < -0.3 is 9.12 Å². The Morgan fingerprint density at radius 1 is 1.19 bits per heavy atom. The van der Waals surface area contributed by atoms with E-state index in [0.717, 1.165) is 11.6 Å². The second-order valence-electron chi connectivity index (χ2n) is 5.58. The summed E-state index contributed by atoms with van der Waals surface area (Å²) in [5.41, 5.74) is 0.387. The summed E-state index contributed by atoms with van der Waals surface area (Å²) in [5, 5.41) is 0.257. The van der Waals surface area contributed by atoms with E-state index in [4.69, 9.17) is 11.6 Å². The summed E-state index contributed by atoms with van der Waals surface area (Å²) < 4.78 is 52.5. The Balaban J connectivity index is 1.94. The summed E-state index contributed by atoms with van der Waals surface area (Å²) in [5.74, 6) is 0. The minimum absolute atomic E-state index is 0.0716. The molecule has 0 aliphatic heterocycles. The van der Waals surface area contributed by atoms with Crippen LogP contribution >= 0.6 is 11.6 Å². The van der Waals surface area contributed by atoms with Crippen LogP contribution in [0.4, 0.5) is 13.2 Å². The van der Waals surface area contributed by atoms with E-state index in [1.165, 1.54) is 6.26 Å². The third kappa shape index (κ3) is 4.38. The first-order valence-corrected chi connectivity index (χ1v) is 9.36. The molecular formula is C17H13ClF3N3OS. The highest BCUT2D eigenvalue weighted by Gasteiger charge is 2.35. The van der Waals surface area contributed by atoms with Crippen LogP contribution in [0.25, 0.3) is 11.3 Å². The molecule has 0 bridgehead atoms. The highest BCUT2D eigenvalue weighted by Crippen LogP contribution is 2.31. The number of hydrogen-bond acceptors (Lipinski definition) is 3. The van der Waals surface area contributed by atoms with E-state index in [2.05, 4.69) is 9.97 Å². The van der Waals surface area contributed by atoms with Gasteiger partial charge >= 0.3 is 11.3 Å². The van der Waals surface area contributed by atoms with Gasteiger partial charge in [0.2, 0.25) is 0 Å². The lowest BCUT2D eigenvalue weighted by molar-refractivity contribution is -0.141. The second kappa shape index (κ2) is 7.30. The van der Waals surface area contributed by atoms with Crippen molar-refractivity contribution in [3.05, 3.63) is 65.1 Å². The first-order valence-electron chi connectivity index (χ1n) is 7.42. The number of halogens is 4. The molecule has 4 nitrogen and oxygen atoms in total. The van der Waals surface area contributed by atoms with Crippen LogP contribution in [-0.2, 0) is 23.9 Å². The first-order chi connectivity index (χ1) is 12.2. The lowest BCUT2D eigenvalue weighted by atomic mass is 10.2. The van der Waals surface area contributed by atoms with Gasteiger partial charge in [-0.2, -0.15) is 23.1 Å². The Kier molecular flexibility index (Phi) is 5.27. The fourth-order valence-electron chi connectivity index (χ4n) is 2.38. The predicted octanol–water partition coefficient (Wildman–Crippen LogP) is 4.40. The van der Waals surface area contributed by atoms with Crippen LogP contribution in [-0.4, -0.2) is 25.3 Å². The van der Waals surface area contributed by atoms with E-state index >= 15 is 0 Å². The zero-order chi connectivity index (χ0) is 18.9. The predicted molar refractivity (Wildman–Crippen MR) is 93.3 cm³/mol. The van der Waals surface area contributed by atoms with Crippen molar-refractivity contribution in [2.75, 3.05) is 6.26 Å². The Labute approximate surface area is 155 Å². The smallest absolute Gasteiger partial charge is 0.433 e. The van der Waals surface area contributed by atoms with Gasteiger partial charge in [0.1, 0.15) is 6.26 Å². The number of aromatic nitrogens is 3. The van der Waals surface area contributed by atoms with Crippen molar-refractivity contribution in [3.8, 4) is 11.3 Å². The number of benzene rings is 1. The van der Waals surface area contributed by atoms with Crippen LogP contribution in [0.2, 0.25) is 5.02 Å². The van der Waals surface area contributed by atoms with Gasteiger partial charge in [0, 0.05) is 40.7 Å². The van der Waals surface area contributed by atoms with Gasteiger partial charge in [-0.1, -0.05) is 23.7 Å². The molecule has 9 heteroatoms. The Morgan fingerprint density at radius 2 is 1.96 bits per heavy atom. The molecule has 1 atom stereocenters. The molecule has 0 aliphatic rings. The molecule has 0 aliphatic carbocycles. The molecule has 0 amide bonds. The molecular weight excluding hydrogens is 387 g/mol. The largest absolute Gasteiger partial charge is 0.609 e. The van der Waals surface area contributed by atoms with E-state index < -0.39 is 23.0 Å². The third-order valence-corrected chi connectivity index (χ3v) is 4.49. The molecule has 3 rings (SSSR count). The Bertz CT molecular complexity index is 928. The van der Waals surface area contributed by atoms with Crippen LogP contribution in [0.3, 0.4) is 0 Å². The summed E-state index contributed by atoms with van der Waals surface area (Å²) in [6.07, 6.45) is -0.00130. The molecule has 1 aromatic carbocycles. The molecule has 0 fully saturated rings. The highest BCUT2D eigenvalue weighted by molar-refractivity contribution is 7.90. The topological polar surface area (TPSA) is 53.8 Å². The molecule has 26 heavy (non-hydrogen) atoms. The monoisotopic (exact) mass is 399 g/mol. The number of hydrogen-bond donors (Lipinski definition) is 0. The van der Waals surface area contributed by atoms with Crippen LogP contribution < -0.4 is 0 Å². The maximum absolute atomic E-state index is 13.1. The molecule has 0 N–H and O–H groups in total. The van der Waals surface area contributed by atoms with Gasteiger partial charge in [-0.25, -0.2) is 0 Å². The quantitative estimate of drug-likeness (QED) is 0.482. The van der Waals surface area contributed by atoms with Crippen LogP contribution in [0, 0.1) is 0 Å². The van der Waals surface area contributed by atoms with E-state index in [1.807, 2.05) is 18.2 Å². The standard InChI is InChI=1S/C17H13ClF3N3OS/c1-26(25)16-22-14(8-15(23-16)17(19,20)21)12-5-6-24(10-12)9-11-3-2-4-13(18)7-11/h2-8,10H,9H2,1H3. The molecule has 0 saturated carbocycles. The van der Waals surface area contributed by atoms with Crippen molar-refractivity contribution >= 4 is 22.8 Å². The Morgan fingerprint density at radius 3 is 2.62 bits per heavy atom. The van der Waals surface area contributed by atoms with Crippen molar-refractivity contribution in [1.29, 1.82) is 0 Å². The van der Waals surface area contributed by atoms with Crippen LogP contribution in [0.1, 0.15) is 11.3 Å². The number of rotatable bonds is 4. The highest BCUT2D eigenvalue weighted by atomic mass is 35.5. The molecule has 0 radical (unpaired) electrons. The van der Waals surface area contributed by atoms with Gasteiger partial charge in [0.25, 0.3) is 0 Å². The minimum atomic E-state index is -4.64. The first kappa shape index (κ1) is 18.8. The van der Waals surface area contributed by atoms with E-state index in [1.54, 1.807) is 29.1 Å². The lowest BCUT2D eigenvalue weighted by Gasteiger charge is -2.10. The fraction of sp³-hybridized carbons (Fsp3) is 0.176. The average Bonchev–Trinajstić information content (AvgIpc) is 3.02. The van der Waals surface area contributed by atoms with Gasteiger partial charge in [0.15, 0.2) is 5.69 Å². The van der Waals surface area contributed by atoms with Gasteiger partial charge in [-0.3, -0.25) is 0 Å². The Hall–Kier alpha value is -2.03. The summed E-state index contributed by atoms with van der Waals surface area (Å²) in [6, 6.07) is 9.80. The number of alkyl halides is 3. The van der Waals surface area contributed by atoms with E-state index in [0.29, 0.717) is 17.1 Å². The average molecular weight is 400 g/mol. The maximum atomic E-state index is 13.1. The van der Waals surface area contributed by atoms with E-state index in [9.17, 15) is 17.7 Å². The molecule has 1 unspecified atom stereocenters. The van der Waals surface area contributed by atoms with Gasteiger partial charge in [-0.15, -0.1) is 0 Å². The molecule has 2 heterocycles. The fourth-order valence-corrected chi connectivity index (χ4v) is 3.05. The zero-order valence-corrected chi connectivity index (χ0v) is 15.1. The van der Waals surface area contributed by atoms with Crippen molar-refractivity contribution in [3.63, 3.8) is 0 Å². The van der Waals surface area contributed by atoms with Gasteiger partial charge in [0.05, 0.1) is 5.69 Å². The van der Waals surface area contributed by atoms with Crippen LogP contribution in [0.15, 0.2) is 53.9 Å². The normalized spacial score (nSPS) is 13.0. The maximum Gasteiger partial charge on any atom is 0.433 e. The minimum Gasteiger partial charge on any atom is -0.609 e. The van der Waals surface area contributed by atoms with Crippen LogP contribution in [0.5, 0.6) is 0 Å². The SMILES string of the molecule is C[S+]([O-])c1nc(-c2ccn(Cc3cccc(Cl)c3)c2)cc(C(F)(F)F)n1. The third-order valence-electron chi connectivity index (χ3n) is 3.55. The van der Waals surface area contributed by atoms with Crippen molar-refractivity contribution < 1.29 is 17.7 Å². The van der Waals surface area contributed by atoms with Crippen molar-refractivity contribution in [2.45, 2.75) is 17.9 Å². The summed E-state index contributed by atoms with van der Waals surface area (Å²) in [4.78, 5) is 7.36. The molecule has 2 aromatic heterocycles. The summed E-state index contributed by atoms with van der Waals surface area (Å²) in [6.45, 7) is 0.504. The van der Waals surface area contributed by atoms with Crippen molar-refractivity contribution in [2.24, 2.45) is 0 Å². The van der Waals surface area contributed by atoms with Crippen molar-refractivity contribution in [1.82, 2.24) is 14.5 Å². The lowest BCUT2D eigenvalue weighted by Crippen LogP contribution is -2.14. The zero-order valence-electron chi connectivity index (χ0n) is 13.5. The summed E-state index contributed by atoms with van der Waals surface area (Å²) >= 11 is 4.23. The summed E-state index contributed by atoms with van der Waals surface area (Å²) in [7, 11) is 0. The van der Waals surface area contributed by atoms with Gasteiger partial charge in [-0.05, 0) is 29.8 Å². The molecule has 3 aromatic rings. The number of nitrogens with zero attached hydrogens (tertiary/aromatic N) is 3. The second-order valence-corrected chi connectivity index (χ2v) is 7.29. The molecule has 136 valence electrons. The molecule has 0 spiro atoms. The molecule has 0 saturated heterocycles. The van der Waals surface area contributed by atoms with E-state index in [-0.39, 0.29) is 10.9 Å².